The predicted octanol–water partition coefficient (Wildman–Crippen LogP) is 1.87. The number of rotatable bonds is 2. The molecule has 0 spiro atoms. The van der Waals surface area contributed by atoms with Gasteiger partial charge in [0.2, 0.25) is 0 Å². The Morgan fingerprint density at radius 1 is 1.29 bits per heavy atom. The summed E-state index contributed by atoms with van der Waals surface area (Å²) in [7, 11) is -2.09. The summed E-state index contributed by atoms with van der Waals surface area (Å²) in [5.41, 5.74) is 1.79. The minimum absolute atomic E-state index is 0.0658. The molecule has 1 aromatic carbocycles. The molecule has 0 N–H and O–H groups in total. The zero-order valence-corrected chi connectivity index (χ0v) is 13.5. The summed E-state index contributed by atoms with van der Waals surface area (Å²) < 4.78 is 27.9. The second-order valence-electron chi connectivity index (χ2n) is 4.81. The zero-order chi connectivity index (χ0) is 15.2. The Hall–Kier alpha value is -1.15. The monoisotopic (exact) mass is 346 g/mol. The third kappa shape index (κ3) is 2.55. The Morgan fingerprint density at radius 3 is 2.71 bits per heavy atom. The van der Waals surface area contributed by atoms with E-state index in [0.29, 0.717) is 23.0 Å². The first-order valence-corrected chi connectivity index (χ1v) is 8.41. The lowest BCUT2D eigenvalue weighted by Crippen LogP contribution is -2.37. The third-order valence-corrected chi connectivity index (χ3v) is 5.94. The van der Waals surface area contributed by atoms with Gasteiger partial charge in [0.05, 0.1) is 6.20 Å². The first-order valence-electron chi connectivity index (χ1n) is 6.21. The minimum atomic E-state index is -3.64. The summed E-state index contributed by atoms with van der Waals surface area (Å²) in [5, 5.41) is 8.40. The largest absolute Gasteiger partial charge is 0.262 e. The smallest absolute Gasteiger partial charge is 0.236 e. The van der Waals surface area contributed by atoms with Gasteiger partial charge in [-0.25, -0.2) is 13.1 Å². The second kappa shape index (κ2) is 5.24. The standard InChI is InChI=1S/C12H12Cl2N4O2S/c1-17-12(6-15-16-17)21(19,20)18-3-2-8-4-9(13)5-11(14)10(8)7-18/h4-6H,2-3,7H2,1H3. The minimum Gasteiger partial charge on any atom is -0.236 e. The summed E-state index contributed by atoms with van der Waals surface area (Å²) in [6, 6.07) is 3.46. The average Bonchev–Trinajstić information content (AvgIpc) is 2.85. The van der Waals surface area contributed by atoms with Crippen molar-refractivity contribution in [3.8, 4) is 0 Å². The molecular weight excluding hydrogens is 335 g/mol. The number of sulfonamides is 1. The maximum absolute atomic E-state index is 12.6. The summed E-state index contributed by atoms with van der Waals surface area (Å²) in [6.07, 6.45) is 1.81. The molecule has 21 heavy (non-hydrogen) atoms. The van der Waals surface area contributed by atoms with Gasteiger partial charge in [-0.05, 0) is 29.7 Å². The fourth-order valence-electron chi connectivity index (χ4n) is 2.41. The van der Waals surface area contributed by atoms with Crippen molar-refractivity contribution in [1.29, 1.82) is 0 Å². The SMILES string of the molecule is Cn1nncc1S(=O)(=O)N1CCc2cc(Cl)cc(Cl)c2C1. The quantitative estimate of drug-likeness (QED) is 0.832. The van der Waals surface area contributed by atoms with Crippen LogP contribution in [-0.4, -0.2) is 34.3 Å². The van der Waals surface area contributed by atoms with Gasteiger partial charge in [0.25, 0.3) is 10.0 Å². The van der Waals surface area contributed by atoms with Crippen LogP contribution < -0.4 is 0 Å². The fourth-order valence-corrected chi connectivity index (χ4v) is 4.45. The van der Waals surface area contributed by atoms with E-state index in [1.807, 2.05) is 6.07 Å². The molecule has 0 unspecified atom stereocenters. The van der Waals surface area contributed by atoms with Crippen LogP contribution in [-0.2, 0) is 30.0 Å². The average molecular weight is 347 g/mol. The van der Waals surface area contributed by atoms with E-state index in [1.165, 1.54) is 15.2 Å². The van der Waals surface area contributed by atoms with E-state index in [4.69, 9.17) is 23.2 Å². The summed E-state index contributed by atoms with van der Waals surface area (Å²) in [5.74, 6) is 0. The van der Waals surface area contributed by atoms with E-state index in [-0.39, 0.29) is 11.6 Å². The Morgan fingerprint density at radius 2 is 2.05 bits per heavy atom. The highest BCUT2D eigenvalue weighted by Gasteiger charge is 2.31. The van der Waals surface area contributed by atoms with E-state index in [9.17, 15) is 8.42 Å². The lowest BCUT2D eigenvalue weighted by molar-refractivity contribution is 0.386. The molecule has 2 aromatic rings. The van der Waals surface area contributed by atoms with E-state index in [2.05, 4.69) is 10.3 Å². The summed E-state index contributed by atoms with van der Waals surface area (Å²) in [6.45, 7) is 0.593. The van der Waals surface area contributed by atoms with Crippen LogP contribution in [0.4, 0.5) is 0 Å². The number of hydrogen-bond donors (Lipinski definition) is 0. The van der Waals surface area contributed by atoms with E-state index in [0.717, 1.165) is 11.1 Å². The fraction of sp³-hybridized carbons (Fsp3) is 0.333. The highest BCUT2D eigenvalue weighted by molar-refractivity contribution is 7.89. The number of aryl methyl sites for hydroxylation is 1. The highest BCUT2D eigenvalue weighted by Crippen LogP contribution is 2.31. The Kier molecular flexibility index (Phi) is 3.69. The van der Waals surface area contributed by atoms with Crippen LogP contribution in [0.1, 0.15) is 11.1 Å². The van der Waals surface area contributed by atoms with Crippen LogP contribution in [0.5, 0.6) is 0 Å². The van der Waals surface area contributed by atoms with Gasteiger partial charge in [0.1, 0.15) is 0 Å². The van der Waals surface area contributed by atoms with Gasteiger partial charge >= 0.3 is 0 Å². The molecule has 0 saturated heterocycles. The highest BCUT2D eigenvalue weighted by atomic mass is 35.5. The van der Waals surface area contributed by atoms with Gasteiger partial charge in [0, 0.05) is 30.2 Å². The molecule has 0 amide bonds. The van der Waals surface area contributed by atoms with Crippen molar-refractivity contribution in [2.45, 2.75) is 18.0 Å². The van der Waals surface area contributed by atoms with Gasteiger partial charge in [-0.1, -0.05) is 28.4 Å². The first-order chi connectivity index (χ1) is 9.89. The normalized spacial score (nSPS) is 16.0. The molecular formula is C12H12Cl2N4O2S. The molecule has 0 fully saturated rings. The van der Waals surface area contributed by atoms with E-state index < -0.39 is 10.0 Å². The molecule has 0 bridgehead atoms. The molecule has 0 radical (unpaired) electrons. The number of aromatic nitrogens is 3. The van der Waals surface area contributed by atoms with Crippen LogP contribution in [0.15, 0.2) is 23.4 Å². The Bertz CT molecular complexity index is 804. The van der Waals surface area contributed by atoms with Gasteiger partial charge < -0.3 is 0 Å². The maximum Gasteiger partial charge on any atom is 0.262 e. The number of benzene rings is 1. The number of fused-ring (bicyclic) bond motifs is 1. The van der Waals surface area contributed by atoms with Gasteiger partial charge in [-0.2, -0.15) is 4.31 Å². The van der Waals surface area contributed by atoms with E-state index >= 15 is 0 Å². The summed E-state index contributed by atoms with van der Waals surface area (Å²) >= 11 is 12.2. The Balaban J connectivity index is 1.99. The van der Waals surface area contributed by atoms with Crippen molar-refractivity contribution in [3.63, 3.8) is 0 Å². The van der Waals surface area contributed by atoms with Crippen LogP contribution in [0.3, 0.4) is 0 Å². The Labute approximate surface area is 132 Å². The van der Waals surface area contributed by atoms with Crippen LogP contribution in [0.25, 0.3) is 0 Å². The molecule has 0 aliphatic carbocycles. The molecule has 112 valence electrons. The first kappa shape index (κ1) is 14.8. The van der Waals surface area contributed by atoms with Crippen LogP contribution >= 0.6 is 23.2 Å². The lowest BCUT2D eigenvalue weighted by atomic mass is 10.0. The molecule has 0 saturated carbocycles. The second-order valence-corrected chi connectivity index (χ2v) is 7.54. The zero-order valence-electron chi connectivity index (χ0n) is 11.1. The molecule has 1 aliphatic heterocycles. The number of nitrogens with zero attached hydrogens (tertiary/aromatic N) is 4. The maximum atomic E-state index is 12.6. The lowest BCUT2D eigenvalue weighted by Gasteiger charge is -2.28. The van der Waals surface area contributed by atoms with Gasteiger partial charge in [-0.15, -0.1) is 5.10 Å². The van der Waals surface area contributed by atoms with E-state index in [1.54, 1.807) is 13.1 Å². The van der Waals surface area contributed by atoms with Gasteiger partial charge in [-0.3, -0.25) is 0 Å². The molecule has 3 rings (SSSR count). The molecule has 1 aromatic heterocycles. The molecule has 6 nitrogen and oxygen atoms in total. The topological polar surface area (TPSA) is 68.1 Å². The van der Waals surface area contributed by atoms with Crippen LogP contribution in [0, 0.1) is 0 Å². The summed E-state index contributed by atoms with van der Waals surface area (Å²) in [4.78, 5) is 0. The molecule has 1 aliphatic rings. The van der Waals surface area contributed by atoms with Crippen molar-refractivity contribution in [2.24, 2.45) is 7.05 Å². The molecule has 0 atom stereocenters. The third-order valence-electron chi connectivity index (χ3n) is 3.49. The van der Waals surface area contributed by atoms with Crippen molar-refractivity contribution in [3.05, 3.63) is 39.5 Å². The molecule has 9 heteroatoms. The number of hydrogen-bond acceptors (Lipinski definition) is 4. The van der Waals surface area contributed by atoms with Crippen LogP contribution in [0.2, 0.25) is 10.0 Å². The number of halogens is 2. The van der Waals surface area contributed by atoms with Crippen molar-refractivity contribution in [1.82, 2.24) is 19.3 Å². The van der Waals surface area contributed by atoms with Crippen molar-refractivity contribution in [2.75, 3.05) is 6.54 Å². The predicted molar refractivity (Wildman–Crippen MR) is 78.8 cm³/mol. The van der Waals surface area contributed by atoms with Gasteiger partial charge in [0.15, 0.2) is 5.03 Å². The molecule has 2 heterocycles. The van der Waals surface area contributed by atoms with Crippen molar-refractivity contribution >= 4 is 33.2 Å². The van der Waals surface area contributed by atoms with Crippen molar-refractivity contribution < 1.29 is 8.42 Å².